The predicted molar refractivity (Wildman–Crippen MR) is 86.6 cm³/mol. The fourth-order valence-electron chi connectivity index (χ4n) is 3.15. The molecule has 0 aromatic heterocycles. The lowest BCUT2D eigenvalue weighted by atomic mass is 9.88. The lowest BCUT2D eigenvalue weighted by Gasteiger charge is -2.27. The lowest BCUT2D eigenvalue weighted by molar-refractivity contribution is 0.869. The van der Waals surface area contributed by atoms with Crippen LogP contribution in [0.25, 0.3) is 16.5 Å². The van der Waals surface area contributed by atoms with Gasteiger partial charge in [-0.3, -0.25) is 0 Å². The predicted octanol–water partition coefficient (Wildman–Crippen LogP) is 3.00. The minimum atomic E-state index is -0.113. The van der Waals surface area contributed by atoms with E-state index >= 15 is 0 Å². The molecule has 0 saturated carbocycles. The van der Waals surface area contributed by atoms with Crippen LogP contribution < -0.4 is 16.4 Å². The van der Waals surface area contributed by atoms with Crippen molar-refractivity contribution in [1.82, 2.24) is 0 Å². The molecule has 0 fully saturated rings. The van der Waals surface area contributed by atoms with Gasteiger partial charge in [0.05, 0.1) is 6.04 Å². The minimum absolute atomic E-state index is 0.113. The number of rotatable bonds is 3. The van der Waals surface area contributed by atoms with Crippen LogP contribution in [0.4, 0.5) is 5.69 Å². The molecule has 20 heavy (non-hydrogen) atoms. The second-order valence-electron chi connectivity index (χ2n) is 5.22. The fraction of sp³-hybridized carbons (Fsp3) is 0.294. The van der Waals surface area contributed by atoms with E-state index in [1.807, 2.05) is 6.08 Å². The first-order valence-electron chi connectivity index (χ1n) is 7.21. The van der Waals surface area contributed by atoms with E-state index in [9.17, 15) is 0 Å². The van der Waals surface area contributed by atoms with Crippen molar-refractivity contribution in [2.24, 2.45) is 11.5 Å². The van der Waals surface area contributed by atoms with E-state index in [2.05, 4.69) is 49.1 Å². The smallest absolute Gasteiger partial charge is 0.0510 e. The summed E-state index contributed by atoms with van der Waals surface area (Å²) in [6, 6.07) is 10.5. The van der Waals surface area contributed by atoms with E-state index in [0.29, 0.717) is 0 Å². The average Bonchev–Trinajstić information content (AvgIpc) is 2.46. The van der Waals surface area contributed by atoms with Crippen molar-refractivity contribution in [2.75, 3.05) is 18.0 Å². The molecule has 1 unspecified atom stereocenters. The highest BCUT2D eigenvalue weighted by molar-refractivity contribution is 6.04. The number of nitrogens with two attached hydrogens (primary N) is 2. The Labute approximate surface area is 119 Å². The molecular weight excluding hydrogens is 246 g/mol. The third kappa shape index (κ3) is 1.78. The molecular formula is C17H21N3. The third-order valence-corrected chi connectivity index (χ3v) is 4.18. The average molecular weight is 267 g/mol. The summed E-state index contributed by atoms with van der Waals surface area (Å²) in [4.78, 5) is 2.36. The van der Waals surface area contributed by atoms with Gasteiger partial charge >= 0.3 is 0 Å². The van der Waals surface area contributed by atoms with Gasteiger partial charge in [0.25, 0.3) is 0 Å². The summed E-state index contributed by atoms with van der Waals surface area (Å²) in [6.07, 6.45) is 1.94. The summed E-state index contributed by atoms with van der Waals surface area (Å²) in [5.41, 5.74) is 16.7. The molecule has 0 amide bonds. The Bertz CT molecular complexity index is 684. The van der Waals surface area contributed by atoms with Crippen LogP contribution in [0.2, 0.25) is 0 Å². The van der Waals surface area contributed by atoms with Gasteiger partial charge in [-0.2, -0.15) is 0 Å². The summed E-state index contributed by atoms with van der Waals surface area (Å²) >= 11 is 0. The summed E-state index contributed by atoms with van der Waals surface area (Å²) in [5, 5.41) is 2.46. The first-order valence-corrected chi connectivity index (χ1v) is 7.21. The molecule has 0 spiro atoms. The molecule has 3 rings (SSSR count). The van der Waals surface area contributed by atoms with Crippen molar-refractivity contribution in [1.29, 1.82) is 0 Å². The SMILES string of the molecule is CCN(CC)c1ccc2c3c(cccc13)C(N)C=C2N. The number of hydrogen-bond acceptors (Lipinski definition) is 3. The number of benzene rings is 2. The van der Waals surface area contributed by atoms with Crippen LogP contribution in [-0.4, -0.2) is 13.1 Å². The van der Waals surface area contributed by atoms with Gasteiger partial charge in [0.1, 0.15) is 0 Å². The third-order valence-electron chi connectivity index (χ3n) is 4.18. The minimum Gasteiger partial charge on any atom is -0.398 e. The van der Waals surface area contributed by atoms with Gasteiger partial charge in [0, 0.05) is 35.4 Å². The molecule has 104 valence electrons. The van der Waals surface area contributed by atoms with Gasteiger partial charge in [0.15, 0.2) is 0 Å². The van der Waals surface area contributed by atoms with Crippen LogP contribution in [0.1, 0.15) is 31.0 Å². The first-order chi connectivity index (χ1) is 9.67. The van der Waals surface area contributed by atoms with Crippen molar-refractivity contribution in [3.05, 3.63) is 47.5 Å². The van der Waals surface area contributed by atoms with Crippen molar-refractivity contribution in [3.8, 4) is 0 Å². The number of hydrogen-bond donors (Lipinski definition) is 2. The van der Waals surface area contributed by atoms with Crippen LogP contribution in [0.15, 0.2) is 36.4 Å². The molecule has 1 aliphatic rings. The second kappa shape index (κ2) is 4.84. The molecule has 3 heteroatoms. The molecule has 0 aliphatic heterocycles. The Morgan fingerprint density at radius 2 is 1.85 bits per heavy atom. The molecule has 1 aliphatic carbocycles. The summed E-state index contributed by atoms with van der Waals surface area (Å²) < 4.78 is 0. The highest BCUT2D eigenvalue weighted by Gasteiger charge is 2.20. The quantitative estimate of drug-likeness (QED) is 0.899. The zero-order valence-corrected chi connectivity index (χ0v) is 12.1. The van der Waals surface area contributed by atoms with Crippen LogP contribution >= 0.6 is 0 Å². The maximum atomic E-state index is 6.22. The molecule has 2 aromatic rings. The monoisotopic (exact) mass is 267 g/mol. The van der Waals surface area contributed by atoms with Crippen molar-refractivity contribution < 1.29 is 0 Å². The van der Waals surface area contributed by atoms with E-state index in [1.165, 1.54) is 22.0 Å². The van der Waals surface area contributed by atoms with Crippen LogP contribution in [-0.2, 0) is 0 Å². The van der Waals surface area contributed by atoms with E-state index in [0.717, 1.165) is 24.4 Å². The number of nitrogens with zero attached hydrogens (tertiary/aromatic N) is 1. The zero-order valence-electron chi connectivity index (χ0n) is 12.1. The van der Waals surface area contributed by atoms with Crippen LogP contribution in [0.5, 0.6) is 0 Å². The van der Waals surface area contributed by atoms with Gasteiger partial charge < -0.3 is 16.4 Å². The number of anilines is 1. The van der Waals surface area contributed by atoms with Gasteiger partial charge in [-0.15, -0.1) is 0 Å². The maximum absolute atomic E-state index is 6.22. The van der Waals surface area contributed by atoms with E-state index in [-0.39, 0.29) is 6.04 Å². The largest absolute Gasteiger partial charge is 0.398 e. The first kappa shape index (κ1) is 13.0. The molecule has 0 saturated heterocycles. The van der Waals surface area contributed by atoms with E-state index in [1.54, 1.807) is 0 Å². The molecule has 0 bridgehead atoms. The lowest BCUT2D eigenvalue weighted by Crippen LogP contribution is -2.23. The fourth-order valence-corrected chi connectivity index (χ4v) is 3.15. The van der Waals surface area contributed by atoms with Crippen molar-refractivity contribution in [2.45, 2.75) is 19.9 Å². The van der Waals surface area contributed by atoms with Crippen molar-refractivity contribution >= 4 is 22.2 Å². The molecule has 1 atom stereocenters. The van der Waals surface area contributed by atoms with Gasteiger partial charge in [-0.05, 0) is 36.9 Å². The van der Waals surface area contributed by atoms with E-state index in [4.69, 9.17) is 11.5 Å². The van der Waals surface area contributed by atoms with Crippen LogP contribution in [0.3, 0.4) is 0 Å². The highest BCUT2D eigenvalue weighted by Crippen LogP contribution is 2.39. The second-order valence-corrected chi connectivity index (χ2v) is 5.22. The zero-order chi connectivity index (χ0) is 14.3. The Kier molecular flexibility index (Phi) is 3.14. The Morgan fingerprint density at radius 3 is 2.55 bits per heavy atom. The summed E-state index contributed by atoms with van der Waals surface area (Å²) in [5.74, 6) is 0. The van der Waals surface area contributed by atoms with Gasteiger partial charge in [-0.25, -0.2) is 0 Å². The van der Waals surface area contributed by atoms with E-state index < -0.39 is 0 Å². The maximum Gasteiger partial charge on any atom is 0.0510 e. The molecule has 3 nitrogen and oxygen atoms in total. The van der Waals surface area contributed by atoms with Gasteiger partial charge in [0.2, 0.25) is 0 Å². The van der Waals surface area contributed by atoms with Crippen molar-refractivity contribution in [3.63, 3.8) is 0 Å². The highest BCUT2D eigenvalue weighted by atomic mass is 15.1. The summed E-state index contributed by atoms with van der Waals surface area (Å²) in [7, 11) is 0. The Morgan fingerprint density at radius 1 is 1.10 bits per heavy atom. The molecule has 0 heterocycles. The van der Waals surface area contributed by atoms with Crippen LogP contribution in [0, 0.1) is 0 Å². The standard InChI is InChI=1S/C17H21N3/c1-3-20(4-2)16-9-8-12-15(19)10-14(18)11-6-5-7-13(16)17(11)12/h5-10,14H,3-4,18-19H2,1-2H3. The Balaban J connectivity index is 2.35. The molecule has 4 N–H and O–H groups in total. The normalized spacial score (nSPS) is 17.1. The molecule has 0 radical (unpaired) electrons. The summed E-state index contributed by atoms with van der Waals surface area (Å²) in [6.45, 7) is 6.34. The molecule has 2 aromatic carbocycles. The Hall–Kier alpha value is -2.00. The topological polar surface area (TPSA) is 55.3 Å². The van der Waals surface area contributed by atoms with Gasteiger partial charge in [-0.1, -0.05) is 24.3 Å².